The van der Waals surface area contributed by atoms with Crippen LogP contribution in [0.3, 0.4) is 0 Å². The van der Waals surface area contributed by atoms with E-state index >= 15 is 0 Å². The number of aryl methyl sites for hydroxylation is 1. The van der Waals surface area contributed by atoms with E-state index in [1.807, 2.05) is 38.1 Å². The molecule has 1 amide bonds. The monoisotopic (exact) mass is 305 g/mol. The molecule has 0 aliphatic heterocycles. The number of rotatable bonds is 5. The van der Waals surface area contributed by atoms with Crippen LogP contribution in [-0.2, 0) is 4.79 Å². The van der Waals surface area contributed by atoms with Crippen LogP contribution < -0.4 is 0 Å². The highest BCUT2D eigenvalue weighted by molar-refractivity contribution is 7.21. The fraction of sp³-hybridized carbons (Fsp3) is 0.375. The van der Waals surface area contributed by atoms with E-state index < -0.39 is 11.9 Å². The Labute approximate surface area is 128 Å². The summed E-state index contributed by atoms with van der Waals surface area (Å²) in [7, 11) is 0. The number of hydrogen-bond acceptors (Lipinski definition) is 3. The Bertz CT molecular complexity index is 677. The van der Waals surface area contributed by atoms with E-state index in [2.05, 4.69) is 0 Å². The molecule has 1 heterocycles. The Morgan fingerprint density at radius 1 is 1.33 bits per heavy atom. The summed E-state index contributed by atoms with van der Waals surface area (Å²) in [6.45, 7) is 6.17. The van der Waals surface area contributed by atoms with Crippen LogP contribution in [0.5, 0.6) is 0 Å². The van der Waals surface area contributed by atoms with Crippen LogP contribution in [-0.4, -0.2) is 35.0 Å². The first-order chi connectivity index (χ1) is 9.95. The number of carbonyl (C=O) groups excluding carboxylic acids is 1. The zero-order chi connectivity index (χ0) is 15.6. The van der Waals surface area contributed by atoms with E-state index in [4.69, 9.17) is 5.11 Å². The third kappa shape index (κ3) is 3.08. The van der Waals surface area contributed by atoms with Crippen molar-refractivity contribution >= 4 is 33.3 Å². The molecule has 21 heavy (non-hydrogen) atoms. The molecule has 1 aromatic carbocycles. The van der Waals surface area contributed by atoms with Crippen molar-refractivity contribution in [1.82, 2.24) is 4.90 Å². The van der Waals surface area contributed by atoms with Gasteiger partial charge in [-0.2, -0.15) is 0 Å². The molecule has 0 bridgehead atoms. The molecule has 2 aromatic rings. The molecule has 0 saturated carbocycles. The summed E-state index contributed by atoms with van der Waals surface area (Å²) in [6, 6.07) is 7.92. The number of carboxylic acids is 1. The molecular weight excluding hydrogens is 286 g/mol. The van der Waals surface area contributed by atoms with E-state index in [-0.39, 0.29) is 12.5 Å². The lowest BCUT2D eigenvalue weighted by atomic mass is 10.1. The Balaban J connectivity index is 2.31. The van der Waals surface area contributed by atoms with Gasteiger partial charge in [0.1, 0.15) is 0 Å². The van der Waals surface area contributed by atoms with Gasteiger partial charge < -0.3 is 10.0 Å². The maximum absolute atomic E-state index is 12.7. The number of fused-ring (bicyclic) bond motifs is 1. The van der Waals surface area contributed by atoms with Crippen molar-refractivity contribution in [2.45, 2.75) is 20.8 Å². The molecule has 4 nitrogen and oxygen atoms in total. The molecule has 5 heteroatoms. The molecule has 0 radical (unpaired) electrons. The third-order valence-electron chi connectivity index (χ3n) is 3.62. The van der Waals surface area contributed by atoms with Crippen LogP contribution in [0.25, 0.3) is 10.1 Å². The Kier molecular flexibility index (Phi) is 4.63. The predicted octanol–water partition coefficient (Wildman–Crippen LogP) is 3.39. The number of carboxylic acid groups (broad SMARTS) is 1. The highest BCUT2D eigenvalue weighted by Gasteiger charge is 2.23. The highest BCUT2D eigenvalue weighted by Crippen LogP contribution is 2.31. The Hall–Kier alpha value is -1.88. The summed E-state index contributed by atoms with van der Waals surface area (Å²) in [5.41, 5.74) is 0.974. The molecular formula is C16H19NO3S. The van der Waals surface area contributed by atoms with Crippen LogP contribution in [0.4, 0.5) is 0 Å². The second kappa shape index (κ2) is 6.26. The highest BCUT2D eigenvalue weighted by atomic mass is 32.1. The fourth-order valence-electron chi connectivity index (χ4n) is 2.29. The van der Waals surface area contributed by atoms with Gasteiger partial charge in [0.05, 0.1) is 10.8 Å². The summed E-state index contributed by atoms with van der Waals surface area (Å²) in [6.07, 6.45) is 0. The van der Waals surface area contributed by atoms with Crippen LogP contribution in [0, 0.1) is 12.8 Å². The minimum absolute atomic E-state index is 0.0794. The lowest BCUT2D eigenvalue weighted by Crippen LogP contribution is -2.36. The maximum Gasteiger partial charge on any atom is 0.308 e. The van der Waals surface area contributed by atoms with Gasteiger partial charge in [-0.05, 0) is 30.9 Å². The summed E-state index contributed by atoms with van der Waals surface area (Å²) < 4.78 is 1.08. The third-order valence-corrected chi connectivity index (χ3v) is 4.88. The normalized spacial score (nSPS) is 12.3. The van der Waals surface area contributed by atoms with E-state index in [1.54, 1.807) is 11.8 Å². The molecule has 2 rings (SSSR count). The van der Waals surface area contributed by atoms with Crippen molar-refractivity contribution in [3.63, 3.8) is 0 Å². The van der Waals surface area contributed by atoms with Gasteiger partial charge in [-0.1, -0.05) is 25.1 Å². The number of carbonyl (C=O) groups is 2. The van der Waals surface area contributed by atoms with Gasteiger partial charge in [-0.15, -0.1) is 11.3 Å². The van der Waals surface area contributed by atoms with Crippen molar-refractivity contribution in [3.8, 4) is 0 Å². The molecule has 1 aromatic heterocycles. The smallest absolute Gasteiger partial charge is 0.308 e. The van der Waals surface area contributed by atoms with Crippen LogP contribution in [0.2, 0.25) is 0 Å². The van der Waals surface area contributed by atoms with Gasteiger partial charge in [0.25, 0.3) is 5.91 Å². The SMILES string of the molecule is CCN(CC(C)C(=O)O)C(=O)c1sc2ccccc2c1C. The molecule has 0 aliphatic carbocycles. The van der Waals surface area contributed by atoms with Gasteiger partial charge in [0.2, 0.25) is 0 Å². The number of amides is 1. The van der Waals surface area contributed by atoms with Crippen molar-refractivity contribution in [3.05, 3.63) is 34.7 Å². The zero-order valence-corrected chi connectivity index (χ0v) is 13.2. The quantitative estimate of drug-likeness (QED) is 0.921. The lowest BCUT2D eigenvalue weighted by molar-refractivity contribution is -0.141. The standard InChI is InChI=1S/C16H19NO3S/c1-4-17(9-10(2)16(19)20)15(18)14-11(3)12-7-5-6-8-13(12)21-14/h5-8,10H,4,9H2,1-3H3,(H,19,20). The first-order valence-corrected chi connectivity index (χ1v) is 7.77. The van der Waals surface area contributed by atoms with Crippen molar-refractivity contribution < 1.29 is 14.7 Å². The van der Waals surface area contributed by atoms with Gasteiger partial charge in [-0.25, -0.2) is 0 Å². The summed E-state index contributed by atoms with van der Waals surface area (Å²) in [4.78, 5) is 26.0. The summed E-state index contributed by atoms with van der Waals surface area (Å²) >= 11 is 1.47. The average molecular weight is 305 g/mol. The van der Waals surface area contributed by atoms with Gasteiger partial charge in [0, 0.05) is 17.8 Å². The Morgan fingerprint density at radius 3 is 2.57 bits per heavy atom. The van der Waals surface area contributed by atoms with E-state index in [9.17, 15) is 9.59 Å². The second-order valence-corrected chi connectivity index (χ2v) is 6.19. The molecule has 0 aliphatic rings. The lowest BCUT2D eigenvalue weighted by Gasteiger charge is -2.22. The Morgan fingerprint density at radius 2 is 2.00 bits per heavy atom. The number of hydrogen-bond donors (Lipinski definition) is 1. The first-order valence-electron chi connectivity index (χ1n) is 6.95. The van der Waals surface area contributed by atoms with Crippen LogP contribution in [0.15, 0.2) is 24.3 Å². The van der Waals surface area contributed by atoms with Gasteiger partial charge in [0.15, 0.2) is 0 Å². The first kappa shape index (κ1) is 15.5. The van der Waals surface area contributed by atoms with Crippen molar-refractivity contribution in [2.75, 3.05) is 13.1 Å². The zero-order valence-electron chi connectivity index (χ0n) is 12.4. The molecule has 1 N–H and O–H groups in total. The van der Waals surface area contributed by atoms with Crippen LogP contribution in [0.1, 0.15) is 29.1 Å². The average Bonchev–Trinajstić information content (AvgIpc) is 2.81. The molecule has 1 unspecified atom stereocenters. The van der Waals surface area contributed by atoms with E-state index in [1.165, 1.54) is 11.3 Å². The second-order valence-electron chi connectivity index (χ2n) is 5.14. The molecule has 1 atom stereocenters. The fourth-order valence-corrected chi connectivity index (χ4v) is 3.46. The van der Waals surface area contributed by atoms with Gasteiger partial charge >= 0.3 is 5.97 Å². The largest absolute Gasteiger partial charge is 0.481 e. The minimum atomic E-state index is -0.880. The van der Waals surface area contributed by atoms with Gasteiger partial charge in [-0.3, -0.25) is 9.59 Å². The number of thiophene rings is 1. The number of aliphatic carboxylic acids is 1. The van der Waals surface area contributed by atoms with Crippen LogP contribution >= 0.6 is 11.3 Å². The minimum Gasteiger partial charge on any atom is -0.481 e. The molecule has 0 saturated heterocycles. The molecule has 0 spiro atoms. The molecule has 0 fully saturated rings. The number of nitrogens with zero attached hydrogens (tertiary/aromatic N) is 1. The molecule has 112 valence electrons. The topological polar surface area (TPSA) is 57.6 Å². The summed E-state index contributed by atoms with van der Waals surface area (Å²) in [5, 5.41) is 10.1. The summed E-state index contributed by atoms with van der Waals surface area (Å²) in [5.74, 6) is -1.53. The number of benzene rings is 1. The van der Waals surface area contributed by atoms with Crippen molar-refractivity contribution in [2.24, 2.45) is 5.92 Å². The van der Waals surface area contributed by atoms with Crippen molar-refractivity contribution in [1.29, 1.82) is 0 Å². The predicted molar refractivity (Wildman–Crippen MR) is 84.9 cm³/mol. The van der Waals surface area contributed by atoms with E-state index in [0.29, 0.717) is 11.4 Å². The maximum atomic E-state index is 12.7. The van der Waals surface area contributed by atoms with E-state index in [0.717, 1.165) is 15.6 Å².